The molecule has 2 rings (SSSR count). The van der Waals surface area contributed by atoms with E-state index in [9.17, 15) is 0 Å². The second-order valence-electron chi connectivity index (χ2n) is 4.05. The van der Waals surface area contributed by atoms with Crippen LogP contribution in [-0.4, -0.2) is 30.1 Å². The molecular formula is C12H15N3. The lowest BCUT2D eigenvalue weighted by Crippen LogP contribution is -2.59. The molecule has 1 fully saturated rings. The molecule has 0 aromatic heterocycles. The van der Waals surface area contributed by atoms with E-state index in [1.807, 2.05) is 18.2 Å². The molecule has 0 aliphatic carbocycles. The van der Waals surface area contributed by atoms with Gasteiger partial charge in [-0.3, -0.25) is 4.90 Å². The van der Waals surface area contributed by atoms with Crippen LogP contribution in [-0.2, 0) is 6.42 Å². The Balaban J connectivity index is 1.95. The SMILES string of the molecule is N#CC(Cc1ccccc1)N1CC(N)C1. The number of nitrogens with two attached hydrogens (primary N) is 1. The highest BCUT2D eigenvalue weighted by molar-refractivity contribution is 5.18. The first-order valence-corrected chi connectivity index (χ1v) is 5.23. The smallest absolute Gasteiger partial charge is 0.102 e. The van der Waals surface area contributed by atoms with Crippen molar-refractivity contribution >= 4 is 0 Å². The average molecular weight is 201 g/mol. The Bertz CT molecular complexity index is 349. The van der Waals surface area contributed by atoms with Crippen LogP contribution in [0.25, 0.3) is 0 Å². The summed E-state index contributed by atoms with van der Waals surface area (Å²) in [6.07, 6.45) is 0.796. The van der Waals surface area contributed by atoms with Crippen molar-refractivity contribution in [1.29, 1.82) is 5.26 Å². The van der Waals surface area contributed by atoms with E-state index >= 15 is 0 Å². The molecule has 0 amide bonds. The highest BCUT2D eigenvalue weighted by atomic mass is 15.2. The molecule has 1 aromatic rings. The van der Waals surface area contributed by atoms with E-state index in [4.69, 9.17) is 11.0 Å². The fraction of sp³-hybridized carbons (Fsp3) is 0.417. The van der Waals surface area contributed by atoms with Gasteiger partial charge in [-0.15, -0.1) is 0 Å². The Morgan fingerprint density at radius 1 is 1.40 bits per heavy atom. The number of likely N-dealkylation sites (tertiary alicyclic amines) is 1. The van der Waals surface area contributed by atoms with Gasteiger partial charge >= 0.3 is 0 Å². The van der Waals surface area contributed by atoms with Crippen LogP contribution in [0.2, 0.25) is 0 Å². The Hall–Kier alpha value is -1.37. The van der Waals surface area contributed by atoms with E-state index in [1.54, 1.807) is 0 Å². The summed E-state index contributed by atoms with van der Waals surface area (Å²) < 4.78 is 0. The molecule has 0 bridgehead atoms. The molecule has 15 heavy (non-hydrogen) atoms. The molecule has 1 heterocycles. The van der Waals surface area contributed by atoms with E-state index in [-0.39, 0.29) is 12.1 Å². The van der Waals surface area contributed by atoms with E-state index in [0.29, 0.717) is 0 Å². The summed E-state index contributed by atoms with van der Waals surface area (Å²) in [5, 5.41) is 9.08. The van der Waals surface area contributed by atoms with Gasteiger partial charge in [-0.25, -0.2) is 0 Å². The predicted molar refractivity (Wildman–Crippen MR) is 59.1 cm³/mol. The fourth-order valence-electron chi connectivity index (χ4n) is 1.90. The maximum atomic E-state index is 9.08. The molecular weight excluding hydrogens is 186 g/mol. The lowest BCUT2D eigenvalue weighted by molar-refractivity contribution is 0.121. The topological polar surface area (TPSA) is 53.0 Å². The standard InChI is InChI=1S/C12H15N3/c13-7-12(15-8-11(14)9-15)6-10-4-2-1-3-5-10/h1-5,11-12H,6,8-9,14H2. The molecule has 3 heteroatoms. The van der Waals surface area contributed by atoms with Crippen molar-refractivity contribution in [3.63, 3.8) is 0 Å². The van der Waals surface area contributed by atoms with Gasteiger partial charge in [0.25, 0.3) is 0 Å². The van der Waals surface area contributed by atoms with Crippen LogP contribution in [0.15, 0.2) is 30.3 Å². The van der Waals surface area contributed by atoms with Crippen molar-refractivity contribution in [2.75, 3.05) is 13.1 Å². The third-order valence-corrected chi connectivity index (χ3v) is 2.80. The zero-order valence-electron chi connectivity index (χ0n) is 8.63. The number of hydrogen-bond donors (Lipinski definition) is 1. The van der Waals surface area contributed by atoms with E-state index in [2.05, 4.69) is 23.1 Å². The maximum Gasteiger partial charge on any atom is 0.102 e. The summed E-state index contributed by atoms with van der Waals surface area (Å²) in [7, 11) is 0. The molecule has 1 aliphatic rings. The predicted octanol–water partition coefficient (Wildman–Crippen LogP) is 0.764. The van der Waals surface area contributed by atoms with Crippen molar-refractivity contribution < 1.29 is 0 Å². The van der Waals surface area contributed by atoms with Crippen LogP contribution in [0.3, 0.4) is 0 Å². The second kappa shape index (κ2) is 4.43. The zero-order chi connectivity index (χ0) is 10.7. The summed E-state index contributed by atoms with van der Waals surface area (Å²) >= 11 is 0. The number of benzene rings is 1. The van der Waals surface area contributed by atoms with E-state index in [1.165, 1.54) is 5.56 Å². The van der Waals surface area contributed by atoms with Gasteiger partial charge in [-0.05, 0) is 5.56 Å². The Kier molecular flexibility index (Phi) is 3.00. The Morgan fingerprint density at radius 3 is 2.60 bits per heavy atom. The molecule has 1 unspecified atom stereocenters. The van der Waals surface area contributed by atoms with E-state index in [0.717, 1.165) is 19.5 Å². The van der Waals surface area contributed by atoms with Gasteiger partial charge in [0.1, 0.15) is 6.04 Å². The largest absolute Gasteiger partial charge is 0.325 e. The zero-order valence-corrected chi connectivity index (χ0v) is 8.63. The van der Waals surface area contributed by atoms with E-state index < -0.39 is 0 Å². The van der Waals surface area contributed by atoms with Gasteiger partial charge in [0, 0.05) is 25.6 Å². The highest BCUT2D eigenvalue weighted by Gasteiger charge is 2.29. The van der Waals surface area contributed by atoms with Crippen molar-refractivity contribution in [2.45, 2.75) is 18.5 Å². The van der Waals surface area contributed by atoms with Crippen LogP contribution in [0.5, 0.6) is 0 Å². The summed E-state index contributed by atoms with van der Waals surface area (Å²) in [6.45, 7) is 1.70. The molecule has 78 valence electrons. The van der Waals surface area contributed by atoms with Crippen LogP contribution < -0.4 is 5.73 Å². The summed E-state index contributed by atoms with van der Waals surface area (Å²) in [5.74, 6) is 0. The van der Waals surface area contributed by atoms with Crippen LogP contribution >= 0.6 is 0 Å². The minimum Gasteiger partial charge on any atom is -0.325 e. The first-order valence-electron chi connectivity index (χ1n) is 5.23. The Morgan fingerprint density at radius 2 is 2.07 bits per heavy atom. The van der Waals surface area contributed by atoms with Gasteiger partial charge in [-0.2, -0.15) is 5.26 Å². The normalized spacial score (nSPS) is 19.2. The average Bonchev–Trinajstić information content (AvgIpc) is 2.23. The minimum absolute atomic E-state index is 0.0211. The van der Waals surface area contributed by atoms with Gasteiger partial charge < -0.3 is 5.73 Å². The van der Waals surface area contributed by atoms with Gasteiger partial charge in [0.2, 0.25) is 0 Å². The fourth-order valence-corrected chi connectivity index (χ4v) is 1.90. The number of rotatable bonds is 3. The van der Waals surface area contributed by atoms with Crippen LogP contribution in [0.1, 0.15) is 5.56 Å². The molecule has 1 atom stereocenters. The number of nitrogens with zero attached hydrogens (tertiary/aromatic N) is 2. The molecule has 1 saturated heterocycles. The Labute approximate surface area is 90.1 Å². The molecule has 1 aromatic carbocycles. The second-order valence-corrected chi connectivity index (χ2v) is 4.05. The first-order chi connectivity index (χ1) is 7.29. The van der Waals surface area contributed by atoms with Crippen LogP contribution in [0, 0.1) is 11.3 Å². The minimum atomic E-state index is -0.0211. The molecule has 0 spiro atoms. The molecule has 3 nitrogen and oxygen atoms in total. The van der Waals surface area contributed by atoms with Gasteiger partial charge in [-0.1, -0.05) is 30.3 Å². The molecule has 0 saturated carbocycles. The quantitative estimate of drug-likeness (QED) is 0.785. The monoisotopic (exact) mass is 201 g/mol. The molecule has 2 N–H and O–H groups in total. The van der Waals surface area contributed by atoms with Crippen molar-refractivity contribution in [1.82, 2.24) is 4.90 Å². The third-order valence-electron chi connectivity index (χ3n) is 2.80. The lowest BCUT2D eigenvalue weighted by atomic mass is 10.0. The summed E-state index contributed by atoms with van der Waals surface area (Å²) in [4.78, 5) is 2.14. The lowest BCUT2D eigenvalue weighted by Gasteiger charge is -2.39. The summed E-state index contributed by atoms with van der Waals surface area (Å²) in [5.41, 5.74) is 6.92. The van der Waals surface area contributed by atoms with Crippen molar-refractivity contribution in [3.05, 3.63) is 35.9 Å². The van der Waals surface area contributed by atoms with Crippen LogP contribution in [0.4, 0.5) is 0 Å². The van der Waals surface area contributed by atoms with Gasteiger partial charge in [0.05, 0.1) is 6.07 Å². The van der Waals surface area contributed by atoms with Crippen molar-refractivity contribution in [3.8, 4) is 6.07 Å². The summed E-state index contributed by atoms with van der Waals surface area (Å²) in [6, 6.07) is 12.7. The van der Waals surface area contributed by atoms with Gasteiger partial charge in [0.15, 0.2) is 0 Å². The maximum absolute atomic E-state index is 9.08. The molecule has 0 radical (unpaired) electrons. The molecule has 1 aliphatic heterocycles. The number of hydrogen-bond acceptors (Lipinski definition) is 3. The number of nitriles is 1. The van der Waals surface area contributed by atoms with Crippen molar-refractivity contribution in [2.24, 2.45) is 5.73 Å². The highest BCUT2D eigenvalue weighted by Crippen LogP contribution is 2.14. The third kappa shape index (κ3) is 2.35. The first kappa shape index (κ1) is 10.2.